The number of ether oxygens (including phenoxy) is 1. The Labute approximate surface area is 149 Å². The maximum absolute atomic E-state index is 12.8. The van der Waals surface area contributed by atoms with Crippen molar-refractivity contribution in [1.29, 1.82) is 0 Å². The van der Waals surface area contributed by atoms with Crippen LogP contribution in [0.2, 0.25) is 0 Å². The molecule has 0 aliphatic rings. The highest BCUT2D eigenvalue weighted by Gasteiger charge is 2.22. The van der Waals surface area contributed by atoms with E-state index in [9.17, 15) is 13.2 Å². The lowest BCUT2D eigenvalue weighted by Gasteiger charge is -2.24. The molecule has 2 aromatic carbocycles. The Balaban J connectivity index is 2.29. The van der Waals surface area contributed by atoms with Crippen molar-refractivity contribution in [1.82, 2.24) is 0 Å². The number of hydrogen-bond donors (Lipinski definition) is 0. The number of rotatable bonds is 8. The molecule has 0 aliphatic carbocycles. The van der Waals surface area contributed by atoms with E-state index in [-0.39, 0.29) is 12.3 Å². The van der Waals surface area contributed by atoms with Gasteiger partial charge in [0.15, 0.2) is 0 Å². The quantitative estimate of drug-likeness (QED) is 0.674. The molecule has 5 nitrogen and oxygen atoms in total. The highest BCUT2D eigenvalue weighted by Crippen LogP contribution is 2.22. The van der Waals surface area contributed by atoms with Crippen molar-refractivity contribution in [2.75, 3.05) is 17.2 Å². The SMILES string of the molecule is CCCCS(=O)(=O)N(Cc1ccc(C(=O)OC)cc1)c1ccccc1. The largest absolute Gasteiger partial charge is 0.465 e. The molecule has 0 aliphatic heterocycles. The van der Waals surface area contributed by atoms with E-state index in [1.807, 2.05) is 25.1 Å². The number of para-hydroxylation sites is 1. The lowest BCUT2D eigenvalue weighted by molar-refractivity contribution is 0.0600. The van der Waals surface area contributed by atoms with Gasteiger partial charge in [-0.15, -0.1) is 0 Å². The summed E-state index contributed by atoms with van der Waals surface area (Å²) in [7, 11) is -2.10. The van der Waals surface area contributed by atoms with Gasteiger partial charge in [-0.25, -0.2) is 13.2 Å². The van der Waals surface area contributed by atoms with E-state index in [1.165, 1.54) is 11.4 Å². The van der Waals surface area contributed by atoms with Crippen LogP contribution in [0, 0.1) is 0 Å². The van der Waals surface area contributed by atoms with Crippen LogP contribution >= 0.6 is 0 Å². The van der Waals surface area contributed by atoms with Crippen molar-refractivity contribution in [2.45, 2.75) is 26.3 Å². The Kier molecular flexibility index (Phi) is 6.58. The number of carbonyl (C=O) groups is 1. The van der Waals surface area contributed by atoms with Gasteiger partial charge in [-0.05, 0) is 36.2 Å². The monoisotopic (exact) mass is 361 g/mol. The molecular formula is C19H23NO4S. The van der Waals surface area contributed by atoms with Crippen molar-refractivity contribution < 1.29 is 17.9 Å². The zero-order valence-corrected chi connectivity index (χ0v) is 15.3. The predicted molar refractivity (Wildman–Crippen MR) is 99.1 cm³/mol. The van der Waals surface area contributed by atoms with Gasteiger partial charge in [0.2, 0.25) is 10.0 Å². The summed E-state index contributed by atoms with van der Waals surface area (Å²) < 4.78 is 31.6. The lowest BCUT2D eigenvalue weighted by atomic mass is 10.1. The fraction of sp³-hybridized carbons (Fsp3) is 0.316. The fourth-order valence-electron chi connectivity index (χ4n) is 2.41. The van der Waals surface area contributed by atoms with E-state index in [1.54, 1.807) is 36.4 Å². The molecule has 0 heterocycles. The summed E-state index contributed by atoms with van der Waals surface area (Å²) in [6, 6.07) is 15.8. The molecule has 0 unspecified atom stereocenters. The topological polar surface area (TPSA) is 63.7 Å². The molecule has 0 saturated heterocycles. The van der Waals surface area contributed by atoms with Crippen LogP contribution < -0.4 is 4.31 Å². The first-order chi connectivity index (χ1) is 12.0. The minimum atomic E-state index is -3.43. The van der Waals surface area contributed by atoms with E-state index in [0.29, 0.717) is 17.7 Å². The van der Waals surface area contributed by atoms with E-state index in [0.717, 1.165) is 12.0 Å². The van der Waals surface area contributed by atoms with Crippen molar-refractivity contribution in [3.8, 4) is 0 Å². The van der Waals surface area contributed by atoms with Crippen LogP contribution in [0.3, 0.4) is 0 Å². The first kappa shape index (κ1) is 19.0. The summed E-state index contributed by atoms with van der Waals surface area (Å²) in [5.74, 6) is -0.305. The molecule has 0 saturated carbocycles. The summed E-state index contributed by atoms with van der Waals surface area (Å²) in [6.45, 7) is 2.19. The number of esters is 1. The standard InChI is InChI=1S/C19H23NO4S/c1-3-4-14-25(22,23)20(18-8-6-5-7-9-18)15-16-10-12-17(13-11-16)19(21)24-2/h5-13H,3-4,14-15H2,1-2H3. The number of hydrogen-bond acceptors (Lipinski definition) is 4. The minimum Gasteiger partial charge on any atom is -0.465 e. The fourth-order valence-corrected chi connectivity index (χ4v) is 4.07. The molecule has 134 valence electrons. The number of anilines is 1. The van der Waals surface area contributed by atoms with Gasteiger partial charge in [0, 0.05) is 0 Å². The molecule has 0 N–H and O–H groups in total. The van der Waals surface area contributed by atoms with Crippen LogP contribution in [-0.4, -0.2) is 27.2 Å². The molecular weight excluding hydrogens is 338 g/mol. The summed E-state index contributed by atoms with van der Waals surface area (Å²) in [4.78, 5) is 11.5. The zero-order chi connectivity index (χ0) is 18.3. The maximum Gasteiger partial charge on any atom is 0.337 e. The third kappa shape index (κ3) is 5.06. The molecule has 25 heavy (non-hydrogen) atoms. The van der Waals surface area contributed by atoms with Gasteiger partial charge >= 0.3 is 5.97 Å². The van der Waals surface area contributed by atoms with Gasteiger partial charge in [-0.3, -0.25) is 4.31 Å². The Morgan fingerprint density at radius 1 is 1.04 bits per heavy atom. The zero-order valence-electron chi connectivity index (χ0n) is 14.5. The lowest BCUT2D eigenvalue weighted by Crippen LogP contribution is -2.32. The summed E-state index contributed by atoms with van der Waals surface area (Å²) in [6.07, 6.45) is 1.43. The van der Waals surface area contributed by atoms with Crippen molar-refractivity contribution >= 4 is 21.7 Å². The van der Waals surface area contributed by atoms with Gasteiger partial charge in [0.25, 0.3) is 0 Å². The summed E-state index contributed by atoms with van der Waals surface area (Å²) >= 11 is 0. The van der Waals surface area contributed by atoms with E-state index >= 15 is 0 Å². The van der Waals surface area contributed by atoms with Crippen LogP contribution in [-0.2, 0) is 21.3 Å². The van der Waals surface area contributed by atoms with Crippen LogP contribution in [0.15, 0.2) is 54.6 Å². The van der Waals surface area contributed by atoms with E-state index < -0.39 is 16.0 Å². The third-order valence-electron chi connectivity index (χ3n) is 3.84. The van der Waals surface area contributed by atoms with Crippen LogP contribution in [0.25, 0.3) is 0 Å². The second-order valence-corrected chi connectivity index (χ2v) is 7.71. The Morgan fingerprint density at radius 2 is 1.68 bits per heavy atom. The molecule has 2 rings (SSSR count). The Hall–Kier alpha value is -2.34. The van der Waals surface area contributed by atoms with Gasteiger partial charge < -0.3 is 4.74 Å². The van der Waals surface area contributed by atoms with E-state index in [2.05, 4.69) is 4.74 Å². The molecule has 6 heteroatoms. The van der Waals surface area contributed by atoms with Crippen LogP contribution in [0.4, 0.5) is 5.69 Å². The van der Waals surface area contributed by atoms with Crippen molar-refractivity contribution in [3.63, 3.8) is 0 Å². The molecule has 0 spiro atoms. The second-order valence-electron chi connectivity index (χ2n) is 5.70. The number of unbranched alkanes of at least 4 members (excludes halogenated alkanes) is 1. The molecule has 2 aromatic rings. The Morgan fingerprint density at radius 3 is 2.24 bits per heavy atom. The van der Waals surface area contributed by atoms with Gasteiger partial charge in [-0.1, -0.05) is 43.7 Å². The molecule has 0 amide bonds. The average molecular weight is 361 g/mol. The first-order valence-corrected chi connectivity index (χ1v) is 9.81. The number of benzene rings is 2. The molecule has 0 radical (unpaired) electrons. The molecule has 0 aromatic heterocycles. The van der Waals surface area contributed by atoms with Crippen molar-refractivity contribution in [2.24, 2.45) is 0 Å². The van der Waals surface area contributed by atoms with Crippen molar-refractivity contribution in [3.05, 3.63) is 65.7 Å². The molecule has 0 bridgehead atoms. The Bertz CT molecular complexity index is 786. The summed E-state index contributed by atoms with van der Waals surface area (Å²) in [5, 5.41) is 0. The average Bonchev–Trinajstić information content (AvgIpc) is 2.65. The predicted octanol–water partition coefficient (Wildman–Crippen LogP) is 3.61. The molecule has 0 atom stereocenters. The summed E-state index contributed by atoms with van der Waals surface area (Å²) in [5.41, 5.74) is 1.87. The maximum atomic E-state index is 12.8. The van der Waals surface area contributed by atoms with Gasteiger partial charge in [-0.2, -0.15) is 0 Å². The third-order valence-corrected chi connectivity index (χ3v) is 5.65. The smallest absolute Gasteiger partial charge is 0.337 e. The van der Waals surface area contributed by atoms with Gasteiger partial charge in [0.1, 0.15) is 0 Å². The highest BCUT2D eigenvalue weighted by molar-refractivity contribution is 7.92. The number of sulfonamides is 1. The second kappa shape index (κ2) is 8.67. The number of carbonyl (C=O) groups excluding carboxylic acids is 1. The first-order valence-electron chi connectivity index (χ1n) is 8.20. The number of nitrogens with zero attached hydrogens (tertiary/aromatic N) is 1. The van der Waals surface area contributed by atoms with Crippen LogP contribution in [0.1, 0.15) is 35.7 Å². The van der Waals surface area contributed by atoms with Crippen LogP contribution in [0.5, 0.6) is 0 Å². The normalized spacial score (nSPS) is 11.1. The number of methoxy groups -OCH3 is 1. The minimum absolute atomic E-state index is 0.110. The van der Waals surface area contributed by atoms with E-state index in [4.69, 9.17) is 0 Å². The molecule has 0 fully saturated rings. The van der Waals surface area contributed by atoms with Gasteiger partial charge in [0.05, 0.1) is 30.7 Å². The highest BCUT2D eigenvalue weighted by atomic mass is 32.2.